The van der Waals surface area contributed by atoms with Gasteiger partial charge in [0.2, 0.25) is 0 Å². The molecule has 3 nitrogen and oxygen atoms in total. The minimum atomic E-state index is -0.587. The fraction of sp³-hybridized carbons (Fsp3) is 0.903. The van der Waals surface area contributed by atoms with E-state index in [0.717, 1.165) is 38.5 Å². The molecule has 5 rings (SSSR count). The van der Waals surface area contributed by atoms with Gasteiger partial charge < -0.3 is 10.2 Å². The molecule has 0 aromatic heterocycles. The van der Waals surface area contributed by atoms with Gasteiger partial charge in [0.25, 0.3) is 0 Å². The third kappa shape index (κ3) is 3.34. The molecule has 194 valence electrons. The Bertz CT molecular complexity index is 844. The molecule has 2 N–H and O–H groups in total. The van der Waals surface area contributed by atoms with E-state index in [-0.39, 0.29) is 39.1 Å². The number of aliphatic carboxylic acids is 1. The van der Waals surface area contributed by atoms with Crippen LogP contribution in [0.5, 0.6) is 0 Å². The van der Waals surface area contributed by atoms with Gasteiger partial charge in [-0.1, -0.05) is 67.0 Å². The number of carboxylic acids is 1. The van der Waals surface area contributed by atoms with Gasteiger partial charge >= 0.3 is 5.97 Å². The summed E-state index contributed by atoms with van der Waals surface area (Å²) in [6.07, 6.45) is 13.4. The number of rotatable bonds is 1. The summed E-state index contributed by atoms with van der Waals surface area (Å²) in [7, 11) is 0. The van der Waals surface area contributed by atoms with Gasteiger partial charge in [0.05, 0.1) is 12.0 Å². The minimum Gasteiger partial charge on any atom is -0.481 e. The Hall–Kier alpha value is -0.830. The van der Waals surface area contributed by atoms with Gasteiger partial charge in [-0.3, -0.25) is 4.79 Å². The highest BCUT2D eigenvalue weighted by molar-refractivity contribution is 5.70. The van der Waals surface area contributed by atoms with Crippen LogP contribution in [0.4, 0.5) is 0 Å². The summed E-state index contributed by atoms with van der Waals surface area (Å²) in [5, 5.41) is 20.7. The van der Waals surface area contributed by atoms with Crippen LogP contribution in [0, 0.1) is 50.7 Å². The highest BCUT2D eigenvalue weighted by Crippen LogP contribution is 2.75. The van der Waals surface area contributed by atoms with Crippen molar-refractivity contribution in [1.82, 2.24) is 0 Å². The summed E-state index contributed by atoms with van der Waals surface area (Å²) in [5.41, 5.74) is 2.61. The Morgan fingerprint density at radius 3 is 2.21 bits per heavy atom. The lowest BCUT2D eigenvalue weighted by molar-refractivity contribution is -0.202. The zero-order valence-corrected chi connectivity index (χ0v) is 23.3. The highest BCUT2D eigenvalue weighted by Gasteiger charge is 2.67. The second-order valence-electron chi connectivity index (χ2n) is 14.2. The van der Waals surface area contributed by atoms with Crippen LogP contribution < -0.4 is 0 Å². The molecule has 5 aliphatic carbocycles. The summed E-state index contributed by atoms with van der Waals surface area (Å²) in [6, 6.07) is 0. The molecule has 4 fully saturated rings. The maximum absolute atomic E-state index is 11.9. The van der Waals surface area contributed by atoms with E-state index >= 15 is 0 Å². The standard InChI is InChI=1S/C29H46O3.C2H6/c1-25(2)21-10-14-29(6)22(27(21,4)13-11-23(25)30)8-7-19-20-17-18(24(31)32)9-12-26(20,3)15-16-28(19,29)5;1-2/h7,18,20-23,30H,8-17H2,1-6H3,(H,31,32);1-2H3/t18-,20?,21?,22?,23-,26?,27?,28?,29?;/m0./s1. The van der Waals surface area contributed by atoms with Crippen LogP contribution in [0.3, 0.4) is 0 Å². The van der Waals surface area contributed by atoms with Crippen molar-refractivity contribution < 1.29 is 15.0 Å². The van der Waals surface area contributed by atoms with Crippen molar-refractivity contribution in [2.24, 2.45) is 50.7 Å². The topological polar surface area (TPSA) is 57.5 Å². The Balaban J connectivity index is 0.00000133. The van der Waals surface area contributed by atoms with Gasteiger partial charge in [-0.2, -0.15) is 0 Å². The molecule has 5 aliphatic rings. The van der Waals surface area contributed by atoms with Crippen molar-refractivity contribution in [1.29, 1.82) is 0 Å². The quantitative estimate of drug-likeness (QED) is 0.382. The molecule has 34 heavy (non-hydrogen) atoms. The predicted octanol–water partition coefficient (Wildman–Crippen LogP) is 7.87. The van der Waals surface area contributed by atoms with Crippen LogP contribution >= 0.6 is 0 Å². The third-order valence-corrected chi connectivity index (χ3v) is 12.8. The van der Waals surface area contributed by atoms with Crippen molar-refractivity contribution >= 4 is 5.97 Å². The third-order valence-electron chi connectivity index (χ3n) is 12.8. The first-order valence-corrected chi connectivity index (χ1v) is 14.4. The summed E-state index contributed by atoms with van der Waals surface area (Å²) in [6.45, 7) is 18.8. The minimum absolute atomic E-state index is 0.0115. The van der Waals surface area contributed by atoms with Crippen molar-refractivity contribution in [2.45, 2.75) is 126 Å². The first-order chi connectivity index (χ1) is 15.8. The smallest absolute Gasteiger partial charge is 0.306 e. The van der Waals surface area contributed by atoms with Gasteiger partial charge in [0.15, 0.2) is 0 Å². The molecule has 4 saturated carbocycles. The van der Waals surface area contributed by atoms with E-state index in [1.54, 1.807) is 5.57 Å². The molecule has 7 unspecified atom stereocenters. The largest absolute Gasteiger partial charge is 0.481 e. The summed E-state index contributed by atoms with van der Waals surface area (Å²) >= 11 is 0. The Labute approximate surface area is 209 Å². The summed E-state index contributed by atoms with van der Waals surface area (Å²) in [5.74, 6) is 0.906. The fourth-order valence-corrected chi connectivity index (χ4v) is 10.4. The van der Waals surface area contributed by atoms with Crippen molar-refractivity contribution in [2.75, 3.05) is 0 Å². The lowest BCUT2D eigenvalue weighted by Gasteiger charge is -2.71. The summed E-state index contributed by atoms with van der Waals surface area (Å²) in [4.78, 5) is 11.9. The van der Waals surface area contributed by atoms with Crippen LogP contribution in [0.25, 0.3) is 0 Å². The van der Waals surface area contributed by atoms with E-state index in [1.807, 2.05) is 13.8 Å². The van der Waals surface area contributed by atoms with Gasteiger partial charge in [-0.05, 0) is 109 Å². The van der Waals surface area contributed by atoms with Crippen LogP contribution in [0.1, 0.15) is 120 Å². The number of hydrogen-bond acceptors (Lipinski definition) is 2. The number of hydrogen-bond donors (Lipinski definition) is 2. The molecule has 3 heteroatoms. The van der Waals surface area contributed by atoms with Crippen LogP contribution in [0.2, 0.25) is 0 Å². The van der Waals surface area contributed by atoms with E-state index in [1.165, 1.54) is 25.7 Å². The fourth-order valence-electron chi connectivity index (χ4n) is 10.4. The van der Waals surface area contributed by atoms with Crippen LogP contribution in [-0.4, -0.2) is 22.3 Å². The zero-order valence-electron chi connectivity index (χ0n) is 23.3. The maximum atomic E-state index is 11.9. The first-order valence-electron chi connectivity index (χ1n) is 14.4. The Kier molecular flexibility index (Phi) is 6.45. The molecule has 0 saturated heterocycles. The van der Waals surface area contributed by atoms with Gasteiger partial charge in [-0.25, -0.2) is 0 Å². The van der Waals surface area contributed by atoms with Gasteiger partial charge in [0, 0.05) is 0 Å². The van der Waals surface area contributed by atoms with E-state index < -0.39 is 5.97 Å². The molecular weight excluding hydrogens is 420 g/mol. The van der Waals surface area contributed by atoms with E-state index in [9.17, 15) is 15.0 Å². The maximum Gasteiger partial charge on any atom is 0.306 e. The molecule has 0 amide bonds. The predicted molar refractivity (Wildman–Crippen MR) is 139 cm³/mol. The highest BCUT2D eigenvalue weighted by atomic mass is 16.4. The van der Waals surface area contributed by atoms with Crippen LogP contribution in [-0.2, 0) is 4.79 Å². The normalized spacial score (nSPS) is 51.3. The number of carbonyl (C=O) groups is 1. The lowest BCUT2D eigenvalue weighted by atomic mass is 9.34. The number of allylic oxidation sites excluding steroid dienone is 2. The molecule has 0 bridgehead atoms. The molecular formula is C31H52O3. The van der Waals surface area contributed by atoms with Crippen molar-refractivity contribution in [3.05, 3.63) is 11.6 Å². The second kappa shape index (κ2) is 8.35. The summed E-state index contributed by atoms with van der Waals surface area (Å²) < 4.78 is 0. The lowest BCUT2D eigenvalue weighted by Crippen LogP contribution is -2.64. The number of carboxylic acid groups (broad SMARTS) is 1. The Morgan fingerprint density at radius 2 is 1.56 bits per heavy atom. The number of aliphatic hydroxyl groups is 1. The number of aliphatic hydroxyl groups excluding tert-OH is 1. The molecule has 0 aromatic rings. The van der Waals surface area contributed by atoms with Gasteiger partial charge in [-0.15, -0.1) is 0 Å². The SMILES string of the molecule is CC.CC12CC[C@H](C(=O)O)CC1C1=CCC3C4(C)CC[C@H](O)C(C)(C)C4CCC3(C)C1(C)CC2. The average Bonchev–Trinajstić information content (AvgIpc) is 2.78. The van der Waals surface area contributed by atoms with Crippen molar-refractivity contribution in [3.63, 3.8) is 0 Å². The molecule has 0 spiro atoms. The van der Waals surface area contributed by atoms with Gasteiger partial charge in [0.1, 0.15) is 0 Å². The molecule has 0 heterocycles. The molecule has 9 atom stereocenters. The molecule has 0 radical (unpaired) electrons. The monoisotopic (exact) mass is 472 g/mol. The first kappa shape index (κ1) is 26.2. The molecule has 0 aliphatic heterocycles. The molecule has 0 aromatic carbocycles. The second-order valence-corrected chi connectivity index (χ2v) is 14.2. The Morgan fingerprint density at radius 1 is 0.882 bits per heavy atom. The number of fused-ring (bicyclic) bond motifs is 7. The zero-order chi connectivity index (χ0) is 25.3. The van der Waals surface area contributed by atoms with Crippen molar-refractivity contribution in [3.8, 4) is 0 Å². The van der Waals surface area contributed by atoms with E-state index in [2.05, 4.69) is 47.6 Å². The van der Waals surface area contributed by atoms with E-state index in [4.69, 9.17) is 0 Å². The average molecular weight is 473 g/mol. The van der Waals surface area contributed by atoms with Crippen LogP contribution in [0.15, 0.2) is 11.6 Å². The van der Waals surface area contributed by atoms with E-state index in [0.29, 0.717) is 17.8 Å².